The Kier molecular flexibility index (Phi) is 4.02. The van der Waals surface area contributed by atoms with Crippen molar-refractivity contribution in [2.45, 2.75) is 6.42 Å². The molecule has 5 heteroatoms. The zero-order valence-corrected chi connectivity index (χ0v) is 13.2. The van der Waals surface area contributed by atoms with Gasteiger partial charge in [0.25, 0.3) is 11.8 Å². The van der Waals surface area contributed by atoms with E-state index in [1.165, 1.54) is 0 Å². The van der Waals surface area contributed by atoms with Gasteiger partial charge in [0.05, 0.1) is 0 Å². The third kappa shape index (κ3) is 3.18. The van der Waals surface area contributed by atoms with Gasteiger partial charge in [-0.1, -0.05) is 12.1 Å². The molecule has 2 aromatic rings. The van der Waals surface area contributed by atoms with E-state index in [9.17, 15) is 9.59 Å². The Bertz CT molecular complexity index is 769. The van der Waals surface area contributed by atoms with Gasteiger partial charge in [0.2, 0.25) is 0 Å². The highest BCUT2D eigenvalue weighted by Crippen LogP contribution is 2.20. The summed E-state index contributed by atoms with van der Waals surface area (Å²) in [5, 5.41) is 5.67. The minimum Gasteiger partial charge on any atom is -0.378 e. The van der Waals surface area contributed by atoms with Gasteiger partial charge in [0, 0.05) is 43.1 Å². The summed E-state index contributed by atoms with van der Waals surface area (Å²) in [6.45, 7) is 0.662. The number of carbonyl (C=O) groups is 2. The van der Waals surface area contributed by atoms with Crippen LogP contribution in [0, 0.1) is 0 Å². The molecule has 0 radical (unpaired) electrons. The van der Waals surface area contributed by atoms with Crippen LogP contribution in [-0.4, -0.2) is 32.5 Å². The highest BCUT2D eigenvalue weighted by Gasteiger charge is 2.17. The Morgan fingerprint density at radius 1 is 1.17 bits per heavy atom. The Morgan fingerprint density at radius 3 is 2.78 bits per heavy atom. The van der Waals surface area contributed by atoms with Crippen LogP contribution >= 0.6 is 0 Å². The maximum atomic E-state index is 12.4. The molecule has 3 rings (SSSR count). The van der Waals surface area contributed by atoms with Crippen LogP contribution in [0.3, 0.4) is 0 Å². The first-order chi connectivity index (χ1) is 11.0. The first kappa shape index (κ1) is 15.1. The Morgan fingerprint density at radius 2 is 2.00 bits per heavy atom. The molecule has 118 valence electrons. The molecule has 1 aliphatic rings. The minimum absolute atomic E-state index is 0.0862. The van der Waals surface area contributed by atoms with Crippen molar-refractivity contribution in [1.29, 1.82) is 0 Å². The number of fused-ring (bicyclic) bond motifs is 1. The summed E-state index contributed by atoms with van der Waals surface area (Å²) in [6.07, 6.45) is 0.820. The topological polar surface area (TPSA) is 61.4 Å². The van der Waals surface area contributed by atoms with E-state index < -0.39 is 0 Å². The third-order valence-corrected chi connectivity index (χ3v) is 3.92. The van der Waals surface area contributed by atoms with Gasteiger partial charge in [-0.15, -0.1) is 0 Å². The predicted octanol–water partition coefficient (Wildman–Crippen LogP) is 2.29. The van der Waals surface area contributed by atoms with E-state index in [2.05, 4.69) is 10.6 Å². The molecular weight excluding hydrogens is 290 g/mol. The van der Waals surface area contributed by atoms with Crippen LogP contribution < -0.4 is 15.5 Å². The fourth-order valence-corrected chi connectivity index (χ4v) is 2.62. The van der Waals surface area contributed by atoms with Crippen molar-refractivity contribution in [1.82, 2.24) is 5.32 Å². The zero-order chi connectivity index (χ0) is 16.4. The van der Waals surface area contributed by atoms with Gasteiger partial charge >= 0.3 is 0 Å². The van der Waals surface area contributed by atoms with Crippen LogP contribution in [0.1, 0.15) is 26.3 Å². The lowest BCUT2D eigenvalue weighted by Crippen LogP contribution is -2.31. The third-order valence-electron chi connectivity index (χ3n) is 3.92. The van der Waals surface area contributed by atoms with Crippen LogP contribution in [0.15, 0.2) is 42.5 Å². The maximum Gasteiger partial charge on any atom is 0.255 e. The summed E-state index contributed by atoms with van der Waals surface area (Å²) in [6, 6.07) is 12.9. The fourth-order valence-electron chi connectivity index (χ4n) is 2.62. The molecule has 0 saturated heterocycles. The highest BCUT2D eigenvalue weighted by molar-refractivity contribution is 6.06. The molecule has 0 atom stereocenters. The summed E-state index contributed by atoms with van der Waals surface area (Å²) < 4.78 is 0. The monoisotopic (exact) mass is 309 g/mol. The van der Waals surface area contributed by atoms with E-state index in [4.69, 9.17) is 0 Å². The number of hydrogen-bond donors (Lipinski definition) is 2. The second-order valence-electron chi connectivity index (χ2n) is 5.78. The van der Waals surface area contributed by atoms with Gasteiger partial charge in [-0.2, -0.15) is 0 Å². The van der Waals surface area contributed by atoms with Gasteiger partial charge in [-0.3, -0.25) is 9.59 Å². The summed E-state index contributed by atoms with van der Waals surface area (Å²) >= 11 is 0. The standard InChI is InChI=1S/C18H19N3O2/c1-21(2)15-5-3-4-13(10-15)17(22)20-14-7-6-12-8-9-19-18(23)16(12)11-14/h3-7,10-11H,8-9H2,1-2H3,(H,19,23)(H,20,22). The molecule has 1 aliphatic heterocycles. The van der Waals surface area contributed by atoms with E-state index in [0.29, 0.717) is 23.4 Å². The van der Waals surface area contributed by atoms with Crippen LogP contribution in [-0.2, 0) is 6.42 Å². The average molecular weight is 309 g/mol. The molecule has 0 aliphatic carbocycles. The molecule has 0 saturated carbocycles. The number of rotatable bonds is 3. The largest absolute Gasteiger partial charge is 0.378 e. The van der Waals surface area contributed by atoms with E-state index in [1.54, 1.807) is 12.1 Å². The zero-order valence-electron chi connectivity index (χ0n) is 13.2. The van der Waals surface area contributed by atoms with Gasteiger partial charge in [-0.25, -0.2) is 0 Å². The SMILES string of the molecule is CN(C)c1cccc(C(=O)Nc2ccc3c(c2)C(=O)NCC3)c1. The molecule has 0 aromatic heterocycles. The first-order valence-corrected chi connectivity index (χ1v) is 7.54. The van der Waals surface area contributed by atoms with Crippen LogP contribution in [0.2, 0.25) is 0 Å². The fraction of sp³-hybridized carbons (Fsp3) is 0.222. The van der Waals surface area contributed by atoms with E-state index >= 15 is 0 Å². The lowest BCUT2D eigenvalue weighted by molar-refractivity contribution is 0.0944. The lowest BCUT2D eigenvalue weighted by Gasteiger charge is -2.17. The van der Waals surface area contributed by atoms with Crippen molar-refractivity contribution in [3.63, 3.8) is 0 Å². The van der Waals surface area contributed by atoms with Gasteiger partial charge in [0.15, 0.2) is 0 Å². The molecule has 2 aromatic carbocycles. The quantitative estimate of drug-likeness (QED) is 0.914. The summed E-state index contributed by atoms with van der Waals surface area (Å²) in [5.74, 6) is -0.276. The number of nitrogens with one attached hydrogen (secondary N) is 2. The smallest absolute Gasteiger partial charge is 0.255 e. The van der Waals surface area contributed by atoms with Crippen molar-refractivity contribution in [3.05, 3.63) is 59.2 Å². The second-order valence-corrected chi connectivity index (χ2v) is 5.78. The Hall–Kier alpha value is -2.82. The Labute approximate surface area is 135 Å². The molecule has 2 N–H and O–H groups in total. The molecule has 0 fully saturated rings. The molecule has 0 bridgehead atoms. The summed E-state index contributed by atoms with van der Waals surface area (Å²) in [7, 11) is 3.86. The number of carbonyl (C=O) groups excluding carboxylic acids is 2. The molecule has 0 spiro atoms. The number of hydrogen-bond acceptors (Lipinski definition) is 3. The molecule has 1 heterocycles. The number of benzene rings is 2. The van der Waals surface area contributed by atoms with Crippen LogP contribution in [0.25, 0.3) is 0 Å². The van der Waals surface area contributed by atoms with Crippen LogP contribution in [0.4, 0.5) is 11.4 Å². The van der Waals surface area contributed by atoms with Crippen molar-refractivity contribution < 1.29 is 9.59 Å². The second kappa shape index (κ2) is 6.12. The van der Waals surface area contributed by atoms with Crippen molar-refractivity contribution >= 4 is 23.2 Å². The normalized spacial score (nSPS) is 13.0. The van der Waals surface area contributed by atoms with E-state index in [0.717, 1.165) is 17.7 Å². The lowest BCUT2D eigenvalue weighted by atomic mass is 10.00. The van der Waals surface area contributed by atoms with Gasteiger partial charge in [0.1, 0.15) is 0 Å². The van der Waals surface area contributed by atoms with Gasteiger partial charge in [-0.05, 0) is 42.3 Å². The van der Waals surface area contributed by atoms with Gasteiger partial charge < -0.3 is 15.5 Å². The molecule has 5 nitrogen and oxygen atoms in total. The summed E-state index contributed by atoms with van der Waals surface area (Å²) in [5.41, 5.74) is 3.82. The molecule has 2 amide bonds. The molecular formula is C18H19N3O2. The number of amides is 2. The van der Waals surface area contributed by atoms with Crippen LogP contribution in [0.5, 0.6) is 0 Å². The highest BCUT2D eigenvalue weighted by atomic mass is 16.2. The molecule has 0 unspecified atom stereocenters. The maximum absolute atomic E-state index is 12.4. The summed E-state index contributed by atoms with van der Waals surface area (Å²) in [4.78, 5) is 26.2. The van der Waals surface area contributed by atoms with Crippen molar-refractivity contribution in [3.8, 4) is 0 Å². The van der Waals surface area contributed by atoms with E-state index in [-0.39, 0.29) is 11.8 Å². The first-order valence-electron chi connectivity index (χ1n) is 7.54. The van der Waals surface area contributed by atoms with Crippen molar-refractivity contribution in [2.24, 2.45) is 0 Å². The predicted molar refractivity (Wildman–Crippen MR) is 91.2 cm³/mol. The number of nitrogens with zero attached hydrogens (tertiary/aromatic N) is 1. The average Bonchev–Trinajstić information content (AvgIpc) is 2.55. The van der Waals surface area contributed by atoms with E-state index in [1.807, 2.05) is 49.3 Å². The van der Waals surface area contributed by atoms with Crippen molar-refractivity contribution in [2.75, 3.05) is 30.9 Å². The number of anilines is 2. The minimum atomic E-state index is -0.190. The molecule has 23 heavy (non-hydrogen) atoms. The Balaban J connectivity index is 1.82.